The van der Waals surface area contributed by atoms with Gasteiger partial charge in [0.2, 0.25) is 0 Å². The van der Waals surface area contributed by atoms with Crippen LogP contribution < -0.4 is 9.64 Å². The van der Waals surface area contributed by atoms with E-state index in [4.69, 9.17) is 9.47 Å². The molecule has 0 aliphatic rings. The van der Waals surface area contributed by atoms with Crippen LogP contribution in [0, 0.1) is 3.57 Å². The molecule has 1 aromatic rings. The maximum absolute atomic E-state index is 12.0. The monoisotopic (exact) mass is 421 g/mol. The number of benzene rings is 1. The number of ether oxygens (including phenoxy) is 3. The first-order valence-corrected chi connectivity index (χ1v) is 7.68. The lowest BCUT2D eigenvalue weighted by Gasteiger charge is -2.25. The molecule has 0 aliphatic carbocycles. The molecule has 0 aromatic heterocycles. The van der Waals surface area contributed by atoms with E-state index < -0.39 is 17.7 Å². The number of amides is 1. The Kier molecular flexibility index (Phi) is 6.46. The normalized spacial score (nSPS) is 10.8. The molecule has 0 aliphatic heterocycles. The molecule has 1 rings (SSSR count). The Morgan fingerprint density at radius 2 is 1.91 bits per heavy atom. The minimum Gasteiger partial charge on any atom is -0.481 e. The van der Waals surface area contributed by atoms with E-state index in [-0.39, 0.29) is 6.61 Å². The van der Waals surface area contributed by atoms with Crippen LogP contribution >= 0.6 is 22.6 Å². The molecule has 7 heteroatoms. The van der Waals surface area contributed by atoms with Crippen molar-refractivity contribution in [1.82, 2.24) is 0 Å². The van der Waals surface area contributed by atoms with E-state index in [9.17, 15) is 9.59 Å². The third-order valence-electron chi connectivity index (χ3n) is 2.54. The SMILES string of the molecule is COC(=O)COc1ccc(N(C)C(=O)OC(C)(C)C)cc1I. The lowest BCUT2D eigenvalue weighted by Crippen LogP contribution is -2.34. The van der Waals surface area contributed by atoms with E-state index in [1.807, 2.05) is 20.8 Å². The standard InChI is InChI=1S/C15H20INO5/c1-15(2,3)22-14(19)17(4)10-6-7-12(11(16)8-10)21-9-13(18)20-5/h6-8H,9H2,1-5H3. The van der Waals surface area contributed by atoms with E-state index in [1.165, 1.54) is 12.0 Å². The molecular formula is C15H20INO5. The van der Waals surface area contributed by atoms with Crippen molar-refractivity contribution in [3.63, 3.8) is 0 Å². The average molecular weight is 421 g/mol. The molecule has 0 heterocycles. The highest BCUT2D eigenvalue weighted by molar-refractivity contribution is 14.1. The molecule has 1 amide bonds. The van der Waals surface area contributed by atoms with Gasteiger partial charge >= 0.3 is 12.1 Å². The Balaban J connectivity index is 2.79. The summed E-state index contributed by atoms with van der Waals surface area (Å²) in [5, 5.41) is 0. The van der Waals surface area contributed by atoms with Gasteiger partial charge in [0.25, 0.3) is 0 Å². The zero-order valence-corrected chi connectivity index (χ0v) is 15.5. The number of carbonyl (C=O) groups excluding carboxylic acids is 2. The zero-order chi connectivity index (χ0) is 16.9. The summed E-state index contributed by atoms with van der Waals surface area (Å²) >= 11 is 2.07. The number of methoxy groups -OCH3 is 1. The number of hydrogen-bond acceptors (Lipinski definition) is 5. The van der Waals surface area contributed by atoms with Crippen LogP contribution in [0.15, 0.2) is 18.2 Å². The van der Waals surface area contributed by atoms with Crippen molar-refractivity contribution in [3.8, 4) is 5.75 Å². The molecule has 6 nitrogen and oxygen atoms in total. The Morgan fingerprint density at radius 3 is 2.41 bits per heavy atom. The highest BCUT2D eigenvalue weighted by Crippen LogP contribution is 2.27. The van der Waals surface area contributed by atoms with Crippen LogP contribution in [-0.2, 0) is 14.3 Å². The molecule has 0 unspecified atom stereocenters. The maximum Gasteiger partial charge on any atom is 0.414 e. The summed E-state index contributed by atoms with van der Waals surface area (Å²) < 4.78 is 15.9. The molecule has 22 heavy (non-hydrogen) atoms. The maximum atomic E-state index is 12.0. The minimum atomic E-state index is -0.554. The predicted molar refractivity (Wildman–Crippen MR) is 91.3 cm³/mol. The van der Waals surface area contributed by atoms with E-state index in [0.29, 0.717) is 11.4 Å². The molecule has 0 saturated heterocycles. The smallest absolute Gasteiger partial charge is 0.414 e. The van der Waals surface area contributed by atoms with Crippen molar-refractivity contribution in [2.45, 2.75) is 26.4 Å². The fraction of sp³-hybridized carbons (Fsp3) is 0.467. The summed E-state index contributed by atoms with van der Waals surface area (Å²) in [7, 11) is 2.93. The summed E-state index contributed by atoms with van der Waals surface area (Å²) in [6.45, 7) is 5.28. The van der Waals surface area contributed by atoms with Crippen LogP contribution in [0.5, 0.6) is 5.75 Å². The number of esters is 1. The number of rotatable bonds is 4. The van der Waals surface area contributed by atoms with Gasteiger partial charge in [0.05, 0.1) is 10.7 Å². The number of carbonyl (C=O) groups is 2. The van der Waals surface area contributed by atoms with Gasteiger partial charge in [0.1, 0.15) is 11.4 Å². The fourth-order valence-corrected chi connectivity index (χ4v) is 2.10. The van der Waals surface area contributed by atoms with Gasteiger partial charge in [-0.2, -0.15) is 0 Å². The summed E-state index contributed by atoms with van der Waals surface area (Å²) in [5.74, 6) is 0.0955. The molecule has 0 fully saturated rings. The third kappa shape index (κ3) is 5.70. The van der Waals surface area contributed by atoms with Crippen LogP contribution in [-0.4, -0.2) is 38.4 Å². The largest absolute Gasteiger partial charge is 0.481 e. The van der Waals surface area contributed by atoms with Crippen LogP contribution in [0.2, 0.25) is 0 Å². The van der Waals surface area contributed by atoms with Crippen LogP contribution in [0.25, 0.3) is 0 Å². The predicted octanol–water partition coefficient (Wildman–Crippen LogP) is 3.21. The molecule has 0 radical (unpaired) electrons. The Bertz CT molecular complexity index is 553. The van der Waals surface area contributed by atoms with Crippen molar-refractivity contribution in [2.24, 2.45) is 0 Å². The summed E-state index contributed by atoms with van der Waals surface area (Å²) in [5.41, 5.74) is 0.117. The molecular weight excluding hydrogens is 401 g/mol. The second kappa shape index (κ2) is 7.66. The Morgan fingerprint density at radius 1 is 1.27 bits per heavy atom. The molecule has 0 saturated carbocycles. The molecule has 0 spiro atoms. The van der Waals surface area contributed by atoms with Gasteiger partial charge < -0.3 is 14.2 Å². The van der Waals surface area contributed by atoms with Crippen molar-refractivity contribution in [2.75, 3.05) is 25.7 Å². The first-order valence-electron chi connectivity index (χ1n) is 6.60. The van der Waals surface area contributed by atoms with E-state index >= 15 is 0 Å². The molecule has 0 N–H and O–H groups in total. The Labute approximate surface area is 143 Å². The van der Waals surface area contributed by atoms with Gasteiger partial charge in [-0.15, -0.1) is 0 Å². The fourth-order valence-electron chi connectivity index (χ4n) is 1.45. The summed E-state index contributed by atoms with van der Waals surface area (Å²) in [6.07, 6.45) is -0.438. The summed E-state index contributed by atoms with van der Waals surface area (Å²) in [6, 6.07) is 5.19. The topological polar surface area (TPSA) is 65.1 Å². The second-order valence-electron chi connectivity index (χ2n) is 5.52. The lowest BCUT2D eigenvalue weighted by molar-refractivity contribution is -0.142. The van der Waals surface area contributed by atoms with Crippen molar-refractivity contribution in [1.29, 1.82) is 0 Å². The van der Waals surface area contributed by atoms with Crippen LogP contribution in [0.1, 0.15) is 20.8 Å². The highest BCUT2D eigenvalue weighted by atomic mass is 127. The number of hydrogen-bond donors (Lipinski definition) is 0. The zero-order valence-electron chi connectivity index (χ0n) is 13.3. The van der Waals surface area contributed by atoms with Crippen LogP contribution in [0.4, 0.5) is 10.5 Å². The van der Waals surface area contributed by atoms with Gasteiger partial charge in [0, 0.05) is 12.7 Å². The number of anilines is 1. The molecule has 1 aromatic carbocycles. The second-order valence-corrected chi connectivity index (χ2v) is 6.68. The first kappa shape index (κ1) is 18.5. The summed E-state index contributed by atoms with van der Waals surface area (Å²) in [4.78, 5) is 24.5. The van der Waals surface area contributed by atoms with Gasteiger partial charge in [0.15, 0.2) is 6.61 Å². The number of halogens is 1. The number of nitrogens with zero attached hydrogens (tertiary/aromatic N) is 1. The molecule has 122 valence electrons. The van der Waals surface area contributed by atoms with Gasteiger partial charge in [-0.3, -0.25) is 4.90 Å². The van der Waals surface area contributed by atoms with Gasteiger partial charge in [-0.05, 0) is 61.6 Å². The lowest BCUT2D eigenvalue weighted by atomic mass is 10.2. The first-order chi connectivity index (χ1) is 10.1. The molecule has 0 atom stereocenters. The Hall–Kier alpha value is -1.51. The van der Waals surface area contributed by atoms with Gasteiger partial charge in [-0.1, -0.05) is 0 Å². The van der Waals surface area contributed by atoms with Crippen molar-refractivity contribution in [3.05, 3.63) is 21.8 Å². The average Bonchev–Trinajstić information content (AvgIpc) is 2.42. The van der Waals surface area contributed by atoms with E-state index in [0.717, 1.165) is 3.57 Å². The third-order valence-corrected chi connectivity index (χ3v) is 3.39. The van der Waals surface area contributed by atoms with Crippen molar-refractivity contribution < 1.29 is 23.8 Å². The quantitative estimate of drug-likeness (QED) is 0.552. The van der Waals surface area contributed by atoms with Crippen molar-refractivity contribution >= 4 is 40.3 Å². The van der Waals surface area contributed by atoms with Crippen LogP contribution in [0.3, 0.4) is 0 Å². The highest BCUT2D eigenvalue weighted by Gasteiger charge is 2.21. The van der Waals surface area contributed by atoms with E-state index in [2.05, 4.69) is 27.3 Å². The molecule has 0 bridgehead atoms. The van der Waals surface area contributed by atoms with E-state index in [1.54, 1.807) is 25.2 Å². The minimum absolute atomic E-state index is 0.159. The van der Waals surface area contributed by atoms with Gasteiger partial charge in [-0.25, -0.2) is 9.59 Å².